The quantitative estimate of drug-likeness (QED) is 0.877. The molecule has 3 heteroatoms. The van der Waals surface area contributed by atoms with Crippen LogP contribution in [0.1, 0.15) is 31.7 Å². The van der Waals surface area contributed by atoms with E-state index in [-0.39, 0.29) is 0 Å². The molecule has 0 saturated heterocycles. The van der Waals surface area contributed by atoms with Crippen LogP contribution in [-0.4, -0.2) is 16.1 Å². The fourth-order valence-electron chi connectivity index (χ4n) is 2.00. The van der Waals surface area contributed by atoms with E-state index in [9.17, 15) is 0 Å². The SMILES string of the molecule is CCC(C)c1ccc(-c2cn(CCN)cn2)cc1. The van der Waals surface area contributed by atoms with Gasteiger partial charge in [0.2, 0.25) is 0 Å². The molecule has 0 fully saturated rings. The second-order valence-electron chi connectivity index (χ2n) is 4.72. The first-order chi connectivity index (χ1) is 8.74. The summed E-state index contributed by atoms with van der Waals surface area (Å²) in [6.45, 7) is 5.93. The molecular formula is C15H21N3. The van der Waals surface area contributed by atoms with Crippen molar-refractivity contribution in [3.63, 3.8) is 0 Å². The van der Waals surface area contributed by atoms with Gasteiger partial charge in [-0.3, -0.25) is 0 Å². The van der Waals surface area contributed by atoms with Crippen molar-refractivity contribution in [2.75, 3.05) is 6.54 Å². The van der Waals surface area contributed by atoms with Gasteiger partial charge in [0.05, 0.1) is 12.0 Å². The molecule has 1 aromatic heterocycles. The summed E-state index contributed by atoms with van der Waals surface area (Å²) in [4.78, 5) is 4.41. The highest BCUT2D eigenvalue weighted by molar-refractivity contribution is 5.58. The Bertz CT molecular complexity index is 485. The average Bonchev–Trinajstić information content (AvgIpc) is 2.87. The van der Waals surface area contributed by atoms with Gasteiger partial charge in [0.25, 0.3) is 0 Å². The average molecular weight is 243 g/mol. The molecule has 2 aromatic rings. The van der Waals surface area contributed by atoms with Gasteiger partial charge in [0.15, 0.2) is 0 Å². The van der Waals surface area contributed by atoms with Crippen molar-refractivity contribution in [3.05, 3.63) is 42.4 Å². The molecule has 18 heavy (non-hydrogen) atoms. The smallest absolute Gasteiger partial charge is 0.0954 e. The summed E-state index contributed by atoms with van der Waals surface area (Å²) in [6, 6.07) is 8.70. The summed E-state index contributed by atoms with van der Waals surface area (Å²) < 4.78 is 2.03. The van der Waals surface area contributed by atoms with Crippen molar-refractivity contribution in [1.29, 1.82) is 0 Å². The monoisotopic (exact) mass is 243 g/mol. The Morgan fingerprint density at radius 2 is 2.00 bits per heavy atom. The molecule has 0 saturated carbocycles. The molecule has 0 aliphatic heterocycles. The predicted molar refractivity (Wildman–Crippen MR) is 75.4 cm³/mol. The molecule has 3 nitrogen and oxygen atoms in total. The summed E-state index contributed by atoms with van der Waals surface area (Å²) in [6.07, 6.45) is 5.06. The van der Waals surface area contributed by atoms with E-state index in [0.29, 0.717) is 12.5 Å². The van der Waals surface area contributed by atoms with E-state index in [2.05, 4.69) is 43.1 Å². The number of rotatable bonds is 5. The summed E-state index contributed by atoms with van der Waals surface area (Å²) >= 11 is 0. The van der Waals surface area contributed by atoms with Crippen molar-refractivity contribution >= 4 is 0 Å². The van der Waals surface area contributed by atoms with Gasteiger partial charge >= 0.3 is 0 Å². The number of hydrogen-bond acceptors (Lipinski definition) is 2. The van der Waals surface area contributed by atoms with Crippen LogP contribution in [0.4, 0.5) is 0 Å². The Kier molecular flexibility index (Phi) is 4.15. The lowest BCUT2D eigenvalue weighted by molar-refractivity contribution is 0.708. The van der Waals surface area contributed by atoms with Gasteiger partial charge in [0, 0.05) is 24.8 Å². The Labute approximate surface area is 109 Å². The van der Waals surface area contributed by atoms with E-state index < -0.39 is 0 Å². The molecule has 0 aliphatic carbocycles. The Morgan fingerprint density at radius 3 is 2.61 bits per heavy atom. The summed E-state index contributed by atoms with van der Waals surface area (Å²) in [7, 11) is 0. The highest BCUT2D eigenvalue weighted by atomic mass is 15.0. The third-order valence-corrected chi connectivity index (χ3v) is 3.41. The van der Waals surface area contributed by atoms with Crippen LogP contribution in [0.15, 0.2) is 36.8 Å². The molecule has 0 radical (unpaired) electrons. The lowest BCUT2D eigenvalue weighted by Crippen LogP contribution is -2.07. The first-order valence-corrected chi connectivity index (χ1v) is 6.56. The van der Waals surface area contributed by atoms with Crippen LogP contribution in [0.2, 0.25) is 0 Å². The summed E-state index contributed by atoms with van der Waals surface area (Å²) in [5.41, 5.74) is 9.10. The van der Waals surface area contributed by atoms with E-state index in [1.165, 1.54) is 12.0 Å². The van der Waals surface area contributed by atoms with Crippen molar-refractivity contribution in [3.8, 4) is 11.3 Å². The molecule has 96 valence electrons. The third-order valence-electron chi connectivity index (χ3n) is 3.41. The van der Waals surface area contributed by atoms with Gasteiger partial charge < -0.3 is 10.3 Å². The zero-order valence-electron chi connectivity index (χ0n) is 11.1. The molecule has 0 spiro atoms. The molecule has 0 bridgehead atoms. The van der Waals surface area contributed by atoms with E-state index in [4.69, 9.17) is 5.73 Å². The summed E-state index contributed by atoms with van der Waals surface area (Å²) in [5, 5.41) is 0. The standard InChI is InChI=1S/C15H21N3/c1-3-12(2)13-4-6-14(7-5-13)15-10-18(9-8-16)11-17-15/h4-7,10-12H,3,8-9,16H2,1-2H3. The highest BCUT2D eigenvalue weighted by Gasteiger charge is 2.05. The van der Waals surface area contributed by atoms with Gasteiger partial charge in [-0.2, -0.15) is 0 Å². The fourth-order valence-corrected chi connectivity index (χ4v) is 2.00. The van der Waals surface area contributed by atoms with Gasteiger partial charge in [-0.1, -0.05) is 38.1 Å². The normalized spacial score (nSPS) is 12.6. The van der Waals surface area contributed by atoms with Crippen LogP contribution in [-0.2, 0) is 6.54 Å². The minimum absolute atomic E-state index is 0.619. The van der Waals surface area contributed by atoms with Crippen LogP contribution in [0.3, 0.4) is 0 Å². The molecule has 2 rings (SSSR count). The van der Waals surface area contributed by atoms with E-state index in [1.54, 1.807) is 0 Å². The molecule has 2 N–H and O–H groups in total. The number of aromatic nitrogens is 2. The maximum Gasteiger partial charge on any atom is 0.0954 e. The molecular weight excluding hydrogens is 222 g/mol. The first kappa shape index (κ1) is 12.8. The third kappa shape index (κ3) is 2.79. The molecule has 1 heterocycles. The Balaban J connectivity index is 2.17. The van der Waals surface area contributed by atoms with Gasteiger partial charge in [0.1, 0.15) is 0 Å². The largest absolute Gasteiger partial charge is 0.336 e. The van der Waals surface area contributed by atoms with Gasteiger partial charge in [-0.25, -0.2) is 4.98 Å². The van der Waals surface area contributed by atoms with Crippen LogP contribution >= 0.6 is 0 Å². The van der Waals surface area contributed by atoms with Crippen LogP contribution in [0, 0.1) is 0 Å². The minimum atomic E-state index is 0.619. The second kappa shape index (κ2) is 5.83. The highest BCUT2D eigenvalue weighted by Crippen LogP contribution is 2.23. The van der Waals surface area contributed by atoms with Crippen molar-refractivity contribution < 1.29 is 0 Å². The molecule has 1 aromatic carbocycles. The first-order valence-electron chi connectivity index (χ1n) is 6.56. The van der Waals surface area contributed by atoms with E-state index in [1.807, 2.05) is 17.1 Å². The van der Waals surface area contributed by atoms with E-state index >= 15 is 0 Å². The maximum absolute atomic E-state index is 5.53. The van der Waals surface area contributed by atoms with Crippen molar-refractivity contribution in [2.45, 2.75) is 32.7 Å². The molecule has 0 aliphatic rings. The lowest BCUT2D eigenvalue weighted by Gasteiger charge is -2.08. The fraction of sp³-hybridized carbons (Fsp3) is 0.400. The predicted octanol–water partition coefficient (Wildman–Crippen LogP) is 3.02. The number of benzene rings is 1. The number of nitrogens with zero attached hydrogens (tertiary/aromatic N) is 2. The summed E-state index contributed by atoms with van der Waals surface area (Å²) in [5.74, 6) is 0.619. The van der Waals surface area contributed by atoms with Crippen LogP contribution < -0.4 is 5.73 Å². The zero-order valence-corrected chi connectivity index (χ0v) is 11.1. The zero-order chi connectivity index (χ0) is 13.0. The molecule has 1 unspecified atom stereocenters. The Morgan fingerprint density at radius 1 is 1.28 bits per heavy atom. The maximum atomic E-state index is 5.53. The lowest BCUT2D eigenvalue weighted by atomic mass is 9.97. The number of nitrogens with two attached hydrogens (primary N) is 1. The van der Waals surface area contributed by atoms with Gasteiger partial charge in [-0.05, 0) is 17.9 Å². The van der Waals surface area contributed by atoms with Crippen LogP contribution in [0.25, 0.3) is 11.3 Å². The second-order valence-corrected chi connectivity index (χ2v) is 4.72. The van der Waals surface area contributed by atoms with Crippen LogP contribution in [0.5, 0.6) is 0 Å². The number of hydrogen-bond donors (Lipinski definition) is 1. The van der Waals surface area contributed by atoms with Gasteiger partial charge in [-0.15, -0.1) is 0 Å². The minimum Gasteiger partial charge on any atom is -0.336 e. The molecule has 0 amide bonds. The molecule has 1 atom stereocenters. The Hall–Kier alpha value is -1.61. The van der Waals surface area contributed by atoms with Crippen molar-refractivity contribution in [1.82, 2.24) is 9.55 Å². The van der Waals surface area contributed by atoms with E-state index in [0.717, 1.165) is 17.8 Å². The van der Waals surface area contributed by atoms with Crippen molar-refractivity contribution in [2.24, 2.45) is 5.73 Å². The number of imidazole rings is 1. The topological polar surface area (TPSA) is 43.8 Å².